The van der Waals surface area contributed by atoms with Gasteiger partial charge in [0.1, 0.15) is 6.61 Å². The summed E-state index contributed by atoms with van der Waals surface area (Å²) in [6.45, 7) is 0.410. The predicted octanol–water partition coefficient (Wildman–Crippen LogP) is 3.17. The third-order valence-corrected chi connectivity index (χ3v) is 2.92. The Morgan fingerprint density at radius 2 is 2.12 bits per heavy atom. The van der Waals surface area contributed by atoms with Gasteiger partial charge in [-0.25, -0.2) is 0 Å². The molecule has 84 valence electrons. The van der Waals surface area contributed by atoms with E-state index >= 15 is 0 Å². The van der Waals surface area contributed by atoms with Crippen molar-refractivity contribution in [2.75, 3.05) is 0 Å². The number of nitrogens with zero attached hydrogens (tertiary/aromatic N) is 2. The van der Waals surface area contributed by atoms with Crippen molar-refractivity contribution in [2.45, 2.75) is 6.61 Å². The number of hydrogen-bond acceptors (Lipinski definition) is 4. The third-order valence-electron chi connectivity index (χ3n) is 2.11. The van der Waals surface area contributed by atoms with E-state index in [4.69, 9.17) is 10.1 Å². The van der Waals surface area contributed by atoms with Crippen molar-refractivity contribution < 1.29 is 4.84 Å². The van der Waals surface area contributed by atoms with Gasteiger partial charge in [-0.1, -0.05) is 23.4 Å². The summed E-state index contributed by atoms with van der Waals surface area (Å²) in [6, 6.07) is 13.3. The molecule has 0 saturated carbocycles. The van der Waals surface area contributed by atoms with Gasteiger partial charge in [0.2, 0.25) is 0 Å². The summed E-state index contributed by atoms with van der Waals surface area (Å²) in [4.78, 5) is 6.22. The summed E-state index contributed by atoms with van der Waals surface area (Å²) in [5.74, 6) is 0. The largest absolute Gasteiger partial charge is 0.391 e. The number of oxime groups is 1. The fourth-order valence-electron chi connectivity index (χ4n) is 1.24. The topological polar surface area (TPSA) is 45.4 Å². The first-order valence-corrected chi connectivity index (χ1v) is 5.94. The number of hydrogen-bond donors (Lipinski definition) is 0. The molecule has 17 heavy (non-hydrogen) atoms. The Bertz CT molecular complexity index is 524. The maximum absolute atomic E-state index is 8.64. The van der Waals surface area contributed by atoms with Gasteiger partial charge in [0.05, 0.1) is 17.8 Å². The molecule has 1 aromatic carbocycles. The summed E-state index contributed by atoms with van der Waals surface area (Å²) in [5, 5.41) is 14.5. The van der Waals surface area contributed by atoms with E-state index in [-0.39, 0.29) is 0 Å². The maximum atomic E-state index is 8.64. The maximum Gasteiger partial charge on any atom is 0.142 e. The normalized spacial score (nSPS) is 10.3. The Balaban J connectivity index is 1.84. The molecule has 2 aromatic rings. The van der Waals surface area contributed by atoms with Gasteiger partial charge in [-0.3, -0.25) is 0 Å². The number of nitriles is 1. The van der Waals surface area contributed by atoms with Crippen LogP contribution in [0.25, 0.3) is 0 Å². The monoisotopic (exact) mass is 242 g/mol. The molecule has 0 unspecified atom stereocenters. The second-order valence-electron chi connectivity index (χ2n) is 3.33. The van der Waals surface area contributed by atoms with Crippen molar-refractivity contribution in [3.63, 3.8) is 0 Å². The van der Waals surface area contributed by atoms with Crippen LogP contribution in [-0.4, -0.2) is 6.21 Å². The lowest BCUT2D eigenvalue weighted by Crippen LogP contribution is -1.87. The lowest BCUT2D eigenvalue weighted by Gasteiger charge is -1.98. The first-order valence-electron chi connectivity index (χ1n) is 5.06. The third kappa shape index (κ3) is 3.44. The Kier molecular flexibility index (Phi) is 3.90. The summed E-state index contributed by atoms with van der Waals surface area (Å²) >= 11 is 1.61. The molecule has 0 amide bonds. The van der Waals surface area contributed by atoms with Crippen LogP contribution in [0.1, 0.15) is 16.0 Å². The van der Waals surface area contributed by atoms with Crippen molar-refractivity contribution in [1.29, 1.82) is 5.26 Å². The molecule has 0 aliphatic carbocycles. The van der Waals surface area contributed by atoms with Crippen molar-refractivity contribution in [3.05, 3.63) is 57.8 Å². The van der Waals surface area contributed by atoms with Crippen LogP contribution in [0.5, 0.6) is 0 Å². The van der Waals surface area contributed by atoms with Crippen molar-refractivity contribution in [3.8, 4) is 6.07 Å². The van der Waals surface area contributed by atoms with Crippen LogP contribution < -0.4 is 0 Å². The van der Waals surface area contributed by atoms with E-state index in [0.717, 1.165) is 10.4 Å². The van der Waals surface area contributed by atoms with E-state index in [9.17, 15) is 0 Å². The molecule has 0 bridgehead atoms. The quantitative estimate of drug-likeness (QED) is 0.610. The van der Waals surface area contributed by atoms with Gasteiger partial charge in [-0.15, -0.1) is 11.3 Å². The van der Waals surface area contributed by atoms with E-state index in [0.29, 0.717) is 12.2 Å². The van der Waals surface area contributed by atoms with Crippen LogP contribution in [0.3, 0.4) is 0 Å². The molecule has 0 fully saturated rings. The highest BCUT2D eigenvalue weighted by atomic mass is 32.1. The minimum Gasteiger partial charge on any atom is -0.391 e. The molecule has 0 aliphatic heterocycles. The number of benzene rings is 1. The van der Waals surface area contributed by atoms with Gasteiger partial charge in [0.15, 0.2) is 0 Å². The summed E-state index contributed by atoms with van der Waals surface area (Å²) in [7, 11) is 0. The van der Waals surface area contributed by atoms with E-state index in [1.165, 1.54) is 0 Å². The van der Waals surface area contributed by atoms with Gasteiger partial charge in [-0.2, -0.15) is 5.26 Å². The predicted molar refractivity (Wildman–Crippen MR) is 67.9 cm³/mol. The van der Waals surface area contributed by atoms with Gasteiger partial charge >= 0.3 is 0 Å². The Labute approximate surface area is 104 Å². The van der Waals surface area contributed by atoms with Gasteiger partial charge < -0.3 is 4.84 Å². The second-order valence-corrected chi connectivity index (χ2v) is 4.31. The van der Waals surface area contributed by atoms with E-state index < -0.39 is 0 Å². The Morgan fingerprint density at radius 3 is 2.76 bits per heavy atom. The summed E-state index contributed by atoms with van der Waals surface area (Å²) in [6.07, 6.45) is 1.69. The smallest absolute Gasteiger partial charge is 0.142 e. The van der Waals surface area contributed by atoms with Crippen LogP contribution in [0.15, 0.2) is 46.9 Å². The Morgan fingerprint density at radius 1 is 1.29 bits per heavy atom. The van der Waals surface area contributed by atoms with Crippen LogP contribution in [0.4, 0.5) is 0 Å². The van der Waals surface area contributed by atoms with Gasteiger partial charge in [0, 0.05) is 4.88 Å². The van der Waals surface area contributed by atoms with E-state index in [2.05, 4.69) is 11.2 Å². The molecule has 0 atom stereocenters. The van der Waals surface area contributed by atoms with Crippen LogP contribution >= 0.6 is 11.3 Å². The molecule has 4 heteroatoms. The van der Waals surface area contributed by atoms with Crippen molar-refractivity contribution in [2.24, 2.45) is 5.16 Å². The van der Waals surface area contributed by atoms with Crippen LogP contribution in [-0.2, 0) is 11.4 Å². The molecular weight excluding hydrogens is 232 g/mol. The molecular formula is C13H10N2OS. The summed E-state index contributed by atoms with van der Waals surface area (Å²) < 4.78 is 0. The zero-order chi connectivity index (χ0) is 11.9. The number of rotatable bonds is 4. The fourth-order valence-corrected chi connectivity index (χ4v) is 1.82. The van der Waals surface area contributed by atoms with Gasteiger partial charge in [-0.05, 0) is 29.1 Å². The van der Waals surface area contributed by atoms with Crippen molar-refractivity contribution >= 4 is 17.6 Å². The molecule has 1 aromatic heterocycles. The molecule has 1 heterocycles. The molecule has 0 spiro atoms. The van der Waals surface area contributed by atoms with E-state index in [1.807, 2.05) is 29.6 Å². The molecule has 0 N–H and O–H groups in total. The molecule has 0 aliphatic rings. The number of thiophene rings is 1. The highest BCUT2D eigenvalue weighted by Crippen LogP contribution is 2.06. The first kappa shape index (κ1) is 11.4. The molecule has 2 rings (SSSR count). The van der Waals surface area contributed by atoms with Crippen LogP contribution in [0, 0.1) is 11.3 Å². The standard InChI is InChI=1S/C13H10N2OS/c14-8-11-3-5-12(6-4-11)10-16-15-9-13-2-1-7-17-13/h1-7,9H,10H2/b15-9+. The zero-order valence-electron chi connectivity index (χ0n) is 9.04. The lowest BCUT2D eigenvalue weighted by atomic mass is 10.2. The molecule has 3 nitrogen and oxygen atoms in total. The Hall–Kier alpha value is -2.12. The van der Waals surface area contributed by atoms with Crippen molar-refractivity contribution in [1.82, 2.24) is 0 Å². The SMILES string of the molecule is N#Cc1ccc(CO/N=C/c2cccs2)cc1. The second kappa shape index (κ2) is 5.83. The molecule has 0 saturated heterocycles. The first-order chi connectivity index (χ1) is 8.38. The van der Waals surface area contributed by atoms with E-state index in [1.54, 1.807) is 29.7 Å². The summed E-state index contributed by atoms with van der Waals surface area (Å²) in [5.41, 5.74) is 1.64. The highest BCUT2D eigenvalue weighted by Gasteiger charge is 1.93. The van der Waals surface area contributed by atoms with Crippen LogP contribution in [0.2, 0.25) is 0 Å². The minimum atomic E-state index is 0.410. The minimum absolute atomic E-state index is 0.410. The zero-order valence-corrected chi connectivity index (χ0v) is 9.85. The average molecular weight is 242 g/mol. The average Bonchev–Trinajstić information content (AvgIpc) is 2.88. The lowest BCUT2D eigenvalue weighted by molar-refractivity contribution is 0.132. The fraction of sp³-hybridized carbons (Fsp3) is 0.0769. The van der Waals surface area contributed by atoms with Gasteiger partial charge in [0.25, 0.3) is 0 Å². The molecule has 0 radical (unpaired) electrons. The highest BCUT2D eigenvalue weighted by molar-refractivity contribution is 7.11.